The molecule has 0 N–H and O–H groups in total. The topological polar surface area (TPSA) is 92.6 Å². The average molecular weight is 427 g/mol. The van der Waals surface area contributed by atoms with Crippen molar-refractivity contribution in [3.8, 4) is 40.5 Å². The van der Waals surface area contributed by atoms with Gasteiger partial charge in [0.2, 0.25) is 6.79 Å². The van der Waals surface area contributed by atoms with Crippen molar-refractivity contribution in [1.29, 1.82) is 0 Å². The molecule has 0 atom stereocenters. The zero-order chi connectivity index (χ0) is 21.5. The van der Waals surface area contributed by atoms with Crippen LogP contribution in [0.4, 0.5) is 0 Å². The van der Waals surface area contributed by atoms with Gasteiger partial charge in [0, 0.05) is 11.5 Å². The summed E-state index contributed by atoms with van der Waals surface area (Å²) in [6.45, 7) is 2.52. The maximum atomic E-state index is 5.82. The fourth-order valence-corrected chi connectivity index (χ4v) is 3.48. The van der Waals surface area contributed by atoms with Crippen LogP contribution in [0.2, 0.25) is 0 Å². The predicted octanol–water partition coefficient (Wildman–Crippen LogP) is 5.16. The molecule has 0 radical (unpaired) electrons. The molecule has 1 aliphatic heterocycles. The Labute approximate surface area is 182 Å². The number of ether oxygens (including phenoxy) is 3. The molecular formula is C24H17N3O5. The van der Waals surface area contributed by atoms with Gasteiger partial charge in [-0.15, -0.1) is 10.2 Å². The molecule has 0 spiro atoms. The molecule has 0 bridgehead atoms. The summed E-state index contributed by atoms with van der Waals surface area (Å²) in [5.41, 5.74) is 2.66. The Morgan fingerprint density at radius 1 is 0.844 bits per heavy atom. The van der Waals surface area contributed by atoms with Gasteiger partial charge in [0.15, 0.2) is 17.3 Å². The van der Waals surface area contributed by atoms with Crippen molar-refractivity contribution in [1.82, 2.24) is 15.2 Å². The number of furan rings is 1. The summed E-state index contributed by atoms with van der Waals surface area (Å²) in [7, 11) is 0. The number of nitrogens with zero attached hydrogens (tertiary/aromatic N) is 3. The molecule has 32 heavy (non-hydrogen) atoms. The molecule has 3 aromatic heterocycles. The van der Waals surface area contributed by atoms with Gasteiger partial charge in [-0.3, -0.25) is 0 Å². The second kappa shape index (κ2) is 7.42. The molecule has 0 saturated heterocycles. The van der Waals surface area contributed by atoms with Crippen LogP contribution in [0.15, 0.2) is 69.5 Å². The van der Waals surface area contributed by atoms with E-state index in [1.54, 1.807) is 12.1 Å². The van der Waals surface area contributed by atoms with Gasteiger partial charge >= 0.3 is 0 Å². The summed E-state index contributed by atoms with van der Waals surface area (Å²) in [5, 5.41) is 9.30. The molecular weight excluding hydrogens is 410 g/mol. The number of fused-ring (bicyclic) bond motifs is 2. The third-order valence-electron chi connectivity index (χ3n) is 5.09. The Morgan fingerprint density at radius 2 is 1.75 bits per heavy atom. The standard InChI is InChI=1S/C24H17N3O5/c1-14-2-6-18-15(10-14)3-7-19(25-18)23-26-27-24(32-23)21-9-5-17(31-21)12-28-16-4-8-20-22(11-16)30-13-29-20/h2-11H,12-13H2,1H3. The van der Waals surface area contributed by atoms with Crippen LogP contribution >= 0.6 is 0 Å². The van der Waals surface area contributed by atoms with Crippen molar-refractivity contribution < 1.29 is 23.0 Å². The van der Waals surface area contributed by atoms with E-state index >= 15 is 0 Å². The van der Waals surface area contributed by atoms with Crippen molar-refractivity contribution >= 4 is 10.9 Å². The number of aromatic nitrogens is 3. The zero-order valence-electron chi connectivity index (χ0n) is 17.1. The van der Waals surface area contributed by atoms with Crippen LogP contribution in [-0.2, 0) is 6.61 Å². The Bertz CT molecular complexity index is 1440. The number of hydrogen-bond acceptors (Lipinski definition) is 8. The Hall–Kier alpha value is -4.33. The molecule has 0 fully saturated rings. The third-order valence-corrected chi connectivity index (χ3v) is 5.09. The lowest BCUT2D eigenvalue weighted by molar-refractivity contribution is 0.173. The zero-order valence-corrected chi connectivity index (χ0v) is 17.1. The van der Waals surface area contributed by atoms with Crippen molar-refractivity contribution in [3.63, 3.8) is 0 Å². The lowest BCUT2D eigenvalue weighted by Gasteiger charge is -2.05. The van der Waals surface area contributed by atoms with Gasteiger partial charge < -0.3 is 23.0 Å². The van der Waals surface area contributed by atoms with E-state index in [1.807, 2.05) is 42.5 Å². The molecule has 8 nitrogen and oxygen atoms in total. The lowest BCUT2D eigenvalue weighted by atomic mass is 10.1. The van der Waals surface area contributed by atoms with E-state index in [0.29, 0.717) is 40.4 Å². The Kier molecular flexibility index (Phi) is 4.28. The summed E-state index contributed by atoms with van der Waals surface area (Å²) in [5.74, 6) is 3.72. The first-order valence-electron chi connectivity index (χ1n) is 10.0. The molecule has 4 heterocycles. The summed E-state index contributed by atoms with van der Waals surface area (Å²) in [6.07, 6.45) is 0. The Balaban J connectivity index is 1.18. The number of benzene rings is 2. The van der Waals surface area contributed by atoms with E-state index in [2.05, 4.69) is 28.2 Å². The first-order valence-corrected chi connectivity index (χ1v) is 10.0. The molecule has 0 unspecified atom stereocenters. The normalized spacial score (nSPS) is 12.4. The van der Waals surface area contributed by atoms with Crippen LogP contribution in [0, 0.1) is 6.92 Å². The van der Waals surface area contributed by atoms with Crippen molar-refractivity contribution in [3.05, 3.63) is 72.0 Å². The van der Waals surface area contributed by atoms with Crippen molar-refractivity contribution in [2.75, 3.05) is 6.79 Å². The van der Waals surface area contributed by atoms with E-state index in [0.717, 1.165) is 10.9 Å². The number of pyridine rings is 1. The van der Waals surface area contributed by atoms with Gasteiger partial charge in [-0.2, -0.15) is 0 Å². The molecule has 5 aromatic rings. The predicted molar refractivity (Wildman–Crippen MR) is 114 cm³/mol. The van der Waals surface area contributed by atoms with Crippen LogP contribution in [0.1, 0.15) is 11.3 Å². The van der Waals surface area contributed by atoms with E-state index in [9.17, 15) is 0 Å². The fourth-order valence-electron chi connectivity index (χ4n) is 3.48. The van der Waals surface area contributed by atoms with Gasteiger partial charge in [-0.1, -0.05) is 17.7 Å². The largest absolute Gasteiger partial charge is 0.486 e. The third kappa shape index (κ3) is 3.41. The van der Waals surface area contributed by atoms with E-state index in [4.69, 9.17) is 23.0 Å². The van der Waals surface area contributed by atoms with Gasteiger partial charge in [0.1, 0.15) is 23.8 Å². The average Bonchev–Trinajstić information content (AvgIpc) is 3.57. The molecule has 2 aromatic carbocycles. The highest BCUT2D eigenvalue weighted by atomic mass is 16.7. The van der Waals surface area contributed by atoms with Crippen LogP contribution in [-0.4, -0.2) is 22.0 Å². The molecule has 6 rings (SSSR count). The van der Waals surface area contributed by atoms with Crippen molar-refractivity contribution in [2.45, 2.75) is 13.5 Å². The summed E-state index contributed by atoms with van der Waals surface area (Å²) in [6, 6.07) is 18.9. The first kappa shape index (κ1) is 18.4. The molecule has 158 valence electrons. The SMILES string of the molecule is Cc1ccc2nc(-c3nnc(-c4ccc(COc5ccc6c(c5)OCO6)o4)o3)ccc2c1. The first-order chi connectivity index (χ1) is 15.7. The quantitative estimate of drug-likeness (QED) is 0.380. The van der Waals surface area contributed by atoms with Crippen LogP contribution < -0.4 is 14.2 Å². The van der Waals surface area contributed by atoms with Crippen LogP contribution in [0.5, 0.6) is 17.2 Å². The smallest absolute Gasteiger partial charge is 0.283 e. The molecule has 0 amide bonds. The van der Waals surface area contributed by atoms with Crippen LogP contribution in [0.25, 0.3) is 34.1 Å². The van der Waals surface area contributed by atoms with Gasteiger partial charge in [-0.05, 0) is 49.4 Å². The summed E-state index contributed by atoms with van der Waals surface area (Å²) >= 11 is 0. The summed E-state index contributed by atoms with van der Waals surface area (Å²) in [4.78, 5) is 4.62. The highest BCUT2D eigenvalue weighted by Gasteiger charge is 2.17. The van der Waals surface area contributed by atoms with Gasteiger partial charge in [-0.25, -0.2) is 4.98 Å². The minimum Gasteiger partial charge on any atom is -0.486 e. The van der Waals surface area contributed by atoms with E-state index in [1.165, 1.54) is 5.56 Å². The lowest BCUT2D eigenvalue weighted by Crippen LogP contribution is -1.94. The molecule has 0 saturated carbocycles. The maximum Gasteiger partial charge on any atom is 0.283 e. The van der Waals surface area contributed by atoms with Gasteiger partial charge in [0.25, 0.3) is 11.8 Å². The van der Waals surface area contributed by atoms with Crippen LogP contribution in [0.3, 0.4) is 0 Å². The van der Waals surface area contributed by atoms with E-state index in [-0.39, 0.29) is 19.3 Å². The number of hydrogen-bond donors (Lipinski definition) is 0. The minimum absolute atomic E-state index is 0.223. The molecule has 0 aliphatic carbocycles. The number of rotatable bonds is 5. The second-order valence-electron chi connectivity index (χ2n) is 7.37. The molecule has 8 heteroatoms. The van der Waals surface area contributed by atoms with E-state index < -0.39 is 0 Å². The van der Waals surface area contributed by atoms with Crippen molar-refractivity contribution in [2.24, 2.45) is 0 Å². The monoisotopic (exact) mass is 427 g/mol. The fraction of sp³-hybridized carbons (Fsp3) is 0.125. The van der Waals surface area contributed by atoms with Gasteiger partial charge in [0.05, 0.1) is 5.52 Å². The molecule has 1 aliphatic rings. The maximum absolute atomic E-state index is 5.82. The second-order valence-corrected chi connectivity index (χ2v) is 7.37. The highest BCUT2D eigenvalue weighted by molar-refractivity contribution is 5.81. The Morgan fingerprint density at radius 3 is 2.72 bits per heavy atom. The highest BCUT2D eigenvalue weighted by Crippen LogP contribution is 2.35. The summed E-state index contributed by atoms with van der Waals surface area (Å²) < 4.78 is 28.1. The minimum atomic E-state index is 0.223. The number of aryl methyl sites for hydroxylation is 1.